The number of carboxylic acids is 1. The number of hydrogen-bond donors (Lipinski definition) is 1. The Morgan fingerprint density at radius 3 is 1.91 bits per heavy atom. The highest BCUT2D eigenvalue weighted by molar-refractivity contribution is 9.10. The molecule has 0 aliphatic heterocycles. The molecule has 1 heterocycles. The number of ether oxygens (including phenoxy) is 3. The van der Waals surface area contributed by atoms with Crippen LogP contribution in [0.2, 0.25) is 0 Å². The zero-order valence-corrected chi connectivity index (χ0v) is 21.5. The summed E-state index contributed by atoms with van der Waals surface area (Å²) < 4.78 is 42.5. The molecular formula is C24H25BrF2N2O5S. The summed E-state index contributed by atoms with van der Waals surface area (Å²) in [6.07, 6.45) is -3.97. The summed E-state index contributed by atoms with van der Waals surface area (Å²) in [5.74, 6) is 0.115. The van der Waals surface area contributed by atoms with Crippen LogP contribution in [0.1, 0.15) is 22.2 Å². The number of rotatable bonds is 13. The standard InChI is InChI=1S/C24H25BrF2N2O5S/c1-32-17-7-3-15(4-8-17)11-29(12-16-5-9-18(33-2)10-6-16)21(24(30)31)22(34-13-20(26)27)23-28-19(25)14-35-23/h3-10,14,20-22H,11-13H2,1-2H3,(H,30,31). The predicted molar refractivity (Wildman–Crippen MR) is 131 cm³/mol. The smallest absolute Gasteiger partial charge is 0.324 e. The van der Waals surface area contributed by atoms with Gasteiger partial charge < -0.3 is 19.3 Å². The Morgan fingerprint density at radius 1 is 1.03 bits per heavy atom. The number of aliphatic carboxylic acids is 1. The summed E-state index contributed by atoms with van der Waals surface area (Å²) in [7, 11) is 3.12. The molecule has 0 fully saturated rings. The van der Waals surface area contributed by atoms with Crippen LogP contribution in [0.3, 0.4) is 0 Å². The first kappa shape index (κ1) is 27.0. The maximum Gasteiger partial charge on any atom is 0.324 e. The quantitative estimate of drug-likeness (QED) is 0.294. The van der Waals surface area contributed by atoms with E-state index in [2.05, 4.69) is 20.9 Å². The van der Waals surface area contributed by atoms with Crippen molar-refractivity contribution < 1.29 is 32.9 Å². The number of thiazole rings is 1. The Labute approximate surface area is 214 Å². The van der Waals surface area contributed by atoms with E-state index in [1.807, 2.05) is 24.3 Å². The van der Waals surface area contributed by atoms with E-state index in [9.17, 15) is 18.7 Å². The summed E-state index contributed by atoms with van der Waals surface area (Å²) in [4.78, 5) is 18.6. The lowest BCUT2D eigenvalue weighted by atomic mass is 10.1. The van der Waals surface area contributed by atoms with Crippen molar-refractivity contribution in [3.8, 4) is 11.5 Å². The number of carboxylic acid groups (broad SMARTS) is 1. The third-order valence-electron chi connectivity index (χ3n) is 5.16. The maximum atomic E-state index is 13.1. The molecule has 3 rings (SSSR count). The molecule has 7 nitrogen and oxygen atoms in total. The van der Waals surface area contributed by atoms with Gasteiger partial charge in [-0.15, -0.1) is 11.3 Å². The lowest BCUT2D eigenvalue weighted by Crippen LogP contribution is -2.45. The highest BCUT2D eigenvalue weighted by Gasteiger charge is 2.38. The second-order valence-electron chi connectivity index (χ2n) is 7.54. The molecule has 188 valence electrons. The van der Waals surface area contributed by atoms with E-state index in [1.54, 1.807) is 48.8 Å². The van der Waals surface area contributed by atoms with Gasteiger partial charge in [0.05, 0.1) is 14.2 Å². The van der Waals surface area contributed by atoms with Gasteiger partial charge in [-0.2, -0.15) is 0 Å². The predicted octanol–water partition coefficient (Wildman–Crippen LogP) is 5.40. The molecule has 2 aromatic carbocycles. The number of benzene rings is 2. The van der Waals surface area contributed by atoms with Gasteiger partial charge in [-0.25, -0.2) is 13.8 Å². The van der Waals surface area contributed by atoms with E-state index in [4.69, 9.17) is 14.2 Å². The highest BCUT2D eigenvalue weighted by atomic mass is 79.9. The molecule has 0 spiro atoms. The summed E-state index contributed by atoms with van der Waals surface area (Å²) in [6, 6.07) is 13.1. The summed E-state index contributed by atoms with van der Waals surface area (Å²) in [5.41, 5.74) is 1.64. The Kier molecular flexibility index (Phi) is 9.96. The molecule has 0 bridgehead atoms. The van der Waals surface area contributed by atoms with Gasteiger partial charge >= 0.3 is 5.97 Å². The Balaban J connectivity index is 2.00. The molecule has 1 N–H and O–H groups in total. The number of carbonyl (C=O) groups is 1. The number of hydrogen-bond acceptors (Lipinski definition) is 7. The minimum atomic E-state index is -2.76. The monoisotopic (exact) mass is 570 g/mol. The third kappa shape index (κ3) is 7.69. The molecule has 2 atom stereocenters. The molecule has 0 aliphatic carbocycles. The molecule has 0 radical (unpaired) electrons. The van der Waals surface area contributed by atoms with Crippen molar-refractivity contribution in [2.24, 2.45) is 0 Å². The zero-order valence-electron chi connectivity index (χ0n) is 19.1. The molecule has 0 saturated carbocycles. The van der Waals surface area contributed by atoms with Gasteiger partial charge in [-0.3, -0.25) is 9.69 Å². The first-order valence-corrected chi connectivity index (χ1v) is 12.2. The van der Waals surface area contributed by atoms with E-state index >= 15 is 0 Å². The first-order valence-electron chi connectivity index (χ1n) is 10.5. The first-order chi connectivity index (χ1) is 16.8. The fourth-order valence-corrected chi connectivity index (χ4v) is 4.87. The molecule has 11 heteroatoms. The van der Waals surface area contributed by atoms with Crippen molar-refractivity contribution in [1.29, 1.82) is 0 Å². The molecule has 0 saturated heterocycles. The molecule has 2 unspecified atom stereocenters. The summed E-state index contributed by atoms with van der Waals surface area (Å²) >= 11 is 4.39. The van der Waals surface area contributed by atoms with Crippen LogP contribution in [-0.2, 0) is 22.6 Å². The lowest BCUT2D eigenvalue weighted by molar-refractivity contribution is -0.153. The van der Waals surface area contributed by atoms with Crippen molar-refractivity contribution in [2.45, 2.75) is 31.7 Å². The fraction of sp³-hybridized carbons (Fsp3) is 0.333. The SMILES string of the molecule is COc1ccc(CN(Cc2ccc(OC)cc2)C(C(=O)O)C(OCC(F)F)c2nc(Br)cs2)cc1. The average Bonchev–Trinajstić information content (AvgIpc) is 3.27. The fourth-order valence-electron chi connectivity index (χ4n) is 3.53. The van der Waals surface area contributed by atoms with Gasteiger partial charge in [0.25, 0.3) is 6.43 Å². The van der Waals surface area contributed by atoms with E-state index in [0.29, 0.717) is 21.1 Å². The molecule has 1 aromatic heterocycles. The van der Waals surface area contributed by atoms with Gasteiger partial charge in [0.1, 0.15) is 39.9 Å². The number of nitrogens with zero attached hydrogens (tertiary/aromatic N) is 2. The van der Waals surface area contributed by atoms with Crippen LogP contribution in [0, 0.1) is 0 Å². The Hall–Kier alpha value is -2.60. The van der Waals surface area contributed by atoms with Gasteiger partial charge in [0, 0.05) is 18.5 Å². The molecule has 35 heavy (non-hydrogen) atoms. The highest BCUT2D eigenvalue weighted by Crippen LogP contribution is 2.32. The Bertz CT molecular complexity index is 1030. The molecule has 3 aromatic rings. The Morgan fingerprint density at radius 2 is 1.54 bits per heavy atom. The number of methoxy groups -OCH3 is 2. The number of halogens is 3. The van der Waals surface area contributed by atoms with Crippen LogP contribution in [0.15, 0.2) is 58.5 Å². The molecule has 0 aliphatic rings. The van der Waals surface area contributed by atoms with Crippen molar-refractivity contribution in [2.75, 3.05) is 20.8 Å². The van der Waals surface area contributed by atoms with E-state index in [1.165, 1.54) is 0 Å². The van der Waals surface area contributed by atoms with Crippen molar-refractivity contribution in [3.05, 3.63) is 74.6 Å². The van der Waals surface area contributed by atoms with Gasteiger partial charge in [-0.1, -0.05) is 24.3 Å². The van der Waals surface area contributed by atoms with Crippen LogP contribution in [-0.4, -0.2) is 54.3 Å². The van der Waals surface area contributed by atoms with E-state index < -0.39 is 31.1 Å². The lowest BCUT2D eigenvalue weighted by Gasteiger charge is -2.33. The molecule has 0 amide bonds. The van der Waals surface area contributed by atoms with Gasteiger partial charge in [0.2, 0.25) is 0 Å². The van der Waals surface area contributed by atoms with Crippen LogP contribution < -0.4 is 9.47 Å². The second-order valence-corrected chi connectivity index (χ2v) is 9.24. The minimum Gasteiger partial charge on any atom is -0.497 e. The number of alkyl halides is 2. The second kappa shape index (κ2) is 12.9. The van der Waals surface area contributed by atoms with Crippen molar-refractivity contribution in [1.82, 2.24) is 9.88 Å². The number of aromatic nitrogens is 1. The summed E-state index contributed by atoms with van der Waals surface area (Å²) in [6.45, 7) is -0.479. The maximum absolute atomic E-state index is 13.1. The van der Waals surface area contributed by atoms with Crippen LogP contribution in [0.4, 0.5) is 8.78 Å². The van der Waals surface area contributed by atoms with Crippen LogP contribution >= 0.6 is 27.3 Å². The average molecular weight is 571 g/mol. The van der Waals surface area contributed by atoms with Gasteiger partial charge in [-0.05, 0) is 51.3 Å². The van der Waals surface area contributed by atoms with Crippen molar-refractivity contribution in [3.63, 3.8) is 0 Å². The zero-order chi connectivity index (χ0) is 25.4. The van der Waals surface area contributed by atoms with E-state index in [0.717, 1.165) is 22.5 Å². The van der Waals surface area contributed by atoms with Crippen LogP contribution in [0.5, 0.6) is 11.5 Å². The topological polar surface area (TPSA) is 81.1 Å². The minimum absolute atomic E-state index is 0.216. The normalized spacial score (nSPS) is 13.1. The summed E-state index contributed by atoms with van der Waals surface area (Å²) in [5, 5.41) is 12.2. The third-order valence-corrected chi connectivity index (χ3v) is 6.78. The largest absolute Gasteiger partial charge is 0.497 e. The van der Waals surface area contributed by atoms with Gasteiger partial charge in [0.15, 0.2) is 0 Å². The molecular weight excluding hydrogens is 546 g/mol. The van der Waals surface area contributed by atoms with E-state index in [-0.39, 0.29) is 13.1 Å². The van der Waals surface area contributed by atoms with Crippen LogP contribution in [0.25, 0.3) is 0 Å². The van der Waals surface area contributed by atoms with Crippen molar-refractivity contribution >= 4 is 33.2 Å².